The molecule has 2 N–H and O–H groups in total. The van der Waals surface area contributed by atoms with Crippen LogP contribution in [-0.4, -0.2) is 22.4 Å². The molecule has 0 aromatic rings. The van der Waals surface area contributed by atoms with Crippen molar-refractivity contribution in [2.75, 3.05) is 0 Å². The number of aliphatic hydroxyl groups excluding tert-OH is 2. The van der Waals surface area contributed by atoms with E-state index < -0.39 is 0 Å². The van der Waals surface area contributed by atoms with Crippen molar-refractivity contribution < 1.29 is 10.2 Å². The van der Waals surface area contributed by atoms with Crippen LogP contribution in [0.25, 0.3) is 0 Å². The molecule has 112 valence electrons. The first-order valence-corrected chi connectivity index (χ1v) is 8.31. The average molecular weight is 276 g/mol. The molecular weight excluding hydrogens is 248 g/mol. The van der Waals surface area contributed by atoms with Gasteiger partial charge in [0, 0.05) is 0 Å². The van der Waals surface area contributed by atoms with Crippen molar-refractivity contribution in [1.82, 2.24) is 0 Å². The second kappa shape index (κ2) is 5.65. The highest BCUT2D eigenvalue weighted by atomic mass is 16.3. The van der Waals surface area contributed by atoms with Gasteiger partial charge in [-0.25, -0.2) is 0 Å². The van der Waals surface area contributed by atoms with Crippen LogP contribution >= 0.6 is 0 Å². The highest BCUT2D eigenvalue weighted by Gasteiger charge is 2.42. The average Bonchev–Trinajstić information content (AvgIpc) is 2.77. The van der Waals surface area contributed by atoms with Gasteiger partial charge in [-0.15, -0.1) is 0 Å². The Balaban J connectivity index is 1.74. The summed E-state index contributed by atoms with van der Waals surface area (Å²) in [6.45, 7) is 2.47. The van der Waals surface area contributed by atoms with Gasteiger partial charge in [0.2, 0.25) is 0 Å². The molecule has 0 heterocycles. The maximum Gasteiger partial charge on any atom is 0.0602 e. The Hall–Kier alpha value is -0.600. The Kier molecular flexibility index (Phi) is 4.05. The van der Waals surface area contributed by atoms with E-state index >= 15 is 0 Å². The normalized spacial score (nSPS) is 43.6. The first kappa shape index (κ1) is 14.3. The molecular formula is C18H28O2. The maximum atomic E-state index is 9.76. The number of aliphatic hydroxyl groups is 2. The summed E-state index contributed by atoms with van der Waals surface area (Å²) in [4.78, 5) is 0. The summed E-state index contributed by atoms with van der Waals surface area (Å²) in [6, 6.07) is 0. The van der Waals surface area contributed by atoms with Gasteiger partial charge in [0.05, 0.1) is 12.2 Å². The quantitative estimate of drug-likeness (QED) is 0.766. The molecule has 0 saturated heterocycles. The lowest BCUT2D eigenvalue weighted by Gasteiger charge is -2.38. The van der Waals surface area contributed by atoms with E-state index in [-0.39, 0.29) is 12.2 Å². The van der Waals surface area contributed by atoms with Gasteiger partial charge < -0.3 is 10.2 Å². The topological polar surface area (TPSA) is 40.5 Å². The summed E-state index contributed by atoms with van der Waals surface area (Å²) >= 11 is 0. The third-order valence-electron chi connectivity index (χ3n) is 5.82. The SMILES string of the molecule is C[C@]12CCC/C(=C/C=C3C[C@@H](O)C[C@H](O)C3)[C@@H]1CCC2. The fourth-order valence-corrected chi connectivity index (χ4v) is 4.77. The van der Waals surface area contributed by atoms with Crippen molar-refractivity contribution in [3.63, 3.8) is 0 Å². The molecule has 0 aromatic carbocycles. The fraction of sp³-hybridized carbons (Fsp3) is 0.778. The number of fused-ring (bicyclic) bond motifs is 1. The molecule has 0 amide bonds. The summed E-state index contributed by atoms with van der Waals surface area (Å²) in [5.41, 5.74) is 3.39. The first-order valence-electron chi connectivity index (χ1n) is 8.31. The molecule has 0 bridgehead atoms. The van der Waals surface area contributed by atoms with Crippen molar-refractivity contribution in [1.29, 1.82) is 0 Å². The van der Waals surface area contributed by atoms with Crippen LogP contribution in [0, 0.1) is 11.3 Å². The fourth-order valence-electron chi connectivity index (χ4n) is 4.77. The van der Waals surface area contributed by atoms with Crippen LogP contribution in [0.4, 0.5) is 0 Å². The molecule has 3 rings (SSSR count). The van der Waals surface area contributed by atoms with Crippen LogP contribution in [0.1, 0.15) is 64.7 Å². The van der Waals surface area contributed by atoms with Gasteiger partial charge in [0.15, 0.2) is 0 Å². The second-order valence-electron chi connectivity index (χ2n) is 7.47. The van der Waals surface area contributed by atoms with E-state index in [1.165, 1.54) is 44.1 Å². The Morgan fingerprint density at radius 3 is 2.50 bits per heavy atom. The lowest BCUT2D eigenvalue weighted by Crippen LogP contribution is -2.27. The highest BCUT2D eigenvalue weighted by molar-refractivity contribution is 5.25. The van der Waals surface area contributed by atoms with E-state index in [0.29, 0.717) is 11.8 Å². The van der Waals surface area contributed by atoms with E-state index in [2.05, 4.69) is 19.1 Å². The van der Waals surface area contributed by atoms with Gasteiger partial charge in [-0.1, -0.05) is 36.6 Å². The van der Waals surface area contributed by atoms with Gasteiger partial charge in [-0.3, -0.25) is 0 Å². The molecule has 20 heavy (non-hydrogen) atoms. The first-order chi connectivity index (χ1) is 9.57. The standard InChI is InChI=1S/C18H28O2/c1-18-8-2-4-14(17(18)5-3-9-18)7-6-13-10-15(19)12-16(20)11-13/h6-7,15-17,19-20H,2-5,8-12H2,1H3/b14-7-/t15-,16-,17+,18-/m1/s1. The molecule has 2 nitrogen and oxygen atoms in total. The number of allylic oxidation sites excluding steroid dienone is 3. The molecule has 3 aliphatic carbocycles. The predicted molar refractivity (Wildman–Crippen MR) is 81.3 cm³/mol. The minimum atomic E-state index is -0.355. The van der Waals surface area contributed by atoms with Crippen molar-refractivity contribution >= 4 is 0 Å². The third kappa shape index (κ3) is 2.87. The summed E-state index contributed by atoms with van der Waals surface area (Å²) in [7, 11) is 0. The smallest absolute Gasteiger partial charge is 0.0602 e. The van der Waals surface area contributed by atoms with Crippen molar-refractivity contribution in [3.8, 4) is 0 Å². The van der Waals surface area contributed by atoms with Gasteiger partial charge in [-0.05, 0) is 62.7 Å². The largest absolute Gasteiger partial charge is 0.393 e. The zero-order valence-electron chi connectivity index (χ0n) is 12.6. The van der Waals surface area contributed by atoms with Gasteiger partial charge >= 0.3 is 0 Å². The second-order valence-corrected chi connectivity index (χ2v) is 7.47. The summed E-state index contributed by atoms with van der Waals surface area (Å²) < 4.78 is 0. The molecule has 3 fully saturated rings. The third-order valence-corrected chi connectivity index (χ3v) is 5.82. The minimum absolute atomic E-state index is 0.355. The van der Waals surface area contributed by atoms with E-state index in [1.54, 1.807) is 5.57 Å². The summed E-state index contributed by atoms with van der Waals surface area (Å²) in [5, 5.41) is 19.5. The van der Waals surface area contributed by atoms with E-state index in [0.717, 1.165) is 18.8 Å². The summed E-state index contributed by atoms with van der Waals surface area (Å²) in [6.07, 6.45) is 13.9. The van der Waals surface area contributed by atoms with E-state index in [4.69, 9.17) is 0 Å². The molecule has 0 radical (unpaired) electrons. The molecule has 0 aromatic heterocycles. The zero-order chi connectivity index (χ0) is 14.2. The lowest BCUT2D eigenvalue weighted by atomic mass is 9.67. The number of rotatable bonds is 1. The minimum Gasteiger partial charge on any atom is -0.393 e. The molecule has 0 unspecified atom stereocenters. The van der Waals surface area contributed by atoms with Crippen LogP contribution in [0.5, 0.6) is 0 Å². The van der Waals surface area contributed by atoms with Gasteiger partial charge in [-0.2, -0.15) is 0 Å². The Labute approximate surface area is 122 Å². The number of hydrogen-bond donors (Lipinski definition) is 2. The highest BCUT2D eigenvalue weighted by Crippen LogP contribution is 2.54. The molecule has 0 spiro atoms. The van der Waals surface area contributed by atoms with Crippen molar-refractivity contribution in [3.05, 3.63) is 23.3 Å². The van der Waals surface area contributed by atoms with E-state index in [1.807, 2.05) is 0 Å². The maximum absolute atomic E-state index is 9.76. The predicted octanol–water partition coefficient (Wildman–Crippen LogP) is 3.74. The zero-order valence-corrected chi connectivity index (χ0v) is 12.6. The monoisotopic (exact) mass is 276 g/mol. The molecule has 3 saturated carbocycles. The Morgan fingerprint density at radius 2 is 1.75 bits per heavy atom. The van der Waals surface area contributed by atoms with Crippen LogP contribution in [0.15, 0.2) is 23.3 Å². The van der Waals surface area contributed by atoms with E-state index in [9.17, 15) is 10.2 Å². The van der Waals surface area contributed by atoms with Crippen molar-refractivity contribution in [2.45, 2.75) is 76.9 Å². The van der Waals surface area contributed by atoms with Crippen LogP contribution in [-0.2, 0) is 0 Å². The Morgan fingerprint density at radius 1 is 1.05 bits per heavy atom. The molecule has 0 aliphatic heterocycles. The molecule has 3 aliphatic rings. The van der Waals surface area contributed by atoms with Crippen LogP contribution in [0.2, 0.25) is 0 Å². The summed E-state index contributed by atoms with van der Waals surface area (Å²) in [5.74, 6) is 0.784. The van der Waals surface area contributed by atoms with Gasteiger partial charge in [0.25, 0.3) is 0 Å². The van der Waals surface area contributed by atoms with Crippen LogP contribution < -0.4 is 0 Å². The van der Waals surface area contributed by atoms with Crippen molar-refractivity contribution in [2.24, 2.45) is 11.3 Å². The lowest BCUT2D eigenvalue weighted by molar-refractivity contribution is 0.0609. The van der Waals surface area contributed by atoms with Crippen LogP contribution in [0.3, 0.4) is 0 Å². The number of hydrogen-bond acceptors (Lipinski definition) is 2. The Bertz CT molecular complexity index is 411. The molecule has 4 atom stereocenters. The molecule has 2 heteroatoms. The van der Waals surface area contributed by atoms with Gasteiger partial charge in [0.1, 0.15) is 0 Å².